The molecular formula is C11H14N4O2S. The molecule has 0 bridgehead atoms. The monoisotopic (exact) mass is 266 g/mol. The van der Waals surface area contributed by atoms with Crippen molar-refractivity contribution in [3.8, 4) is 5.69 Å². The highest BCUT2D eigenvalue weighted by Gasteiger charge is 2.05. The third-order valence-electron chi connectivity index (χ3n) is 2.22. The molecule has 18 heavy (non-hydrogen) atoms. The van der Waals surface area contributed by atoms with Crippen LogP contribution in [0.5, 0.6) is 0 Å². The second-order valence-corrected chi connectivity index (χ2v) is 4.33. The van der Waals surface area contributed by atoms with Gasteiger partial charge in [0, 0.05) is 12.0 Å². The van der Waals surface area contributed by atoms with E-state index in [1.807, 2.05) is 23.8 Å². The number of aromatic nitrogens is 3. The van der Waals surface area contributed by atoms with Crippen LogP contribution < -0.4 is 5.32 Å². The zero-order chi connectivity index (χ0) is 12.8. The van der Waals surface area contributed by atoms with Crippen LogP contribution in [0.2, 0.25) is 0 Å². The molecular weight excluding hydrogens is 252 g/mol. The molecule has 0 aromatic carbocycles. The van der Waals surface area contributed by atoms with Gasteiger partial charge >= 0.3 is 0 Å². The normalized spacial score (nSPS) is 10.5. The highest BCUT2D eigenvalue weighted by atomic mass is 32.1. The second kappa shape index (κ2) is 6.27. The maximum absolute atomic E-state index is 11.3. The summed E-state index contributed by atoms with van der Waals surface area (Å²) in [6, 6.07) is 1.96. The number of amides is 1. The molecule has 2 heterocycles. The van der Waals surface area contributed by atoms with E-state index in [0.29, 0.717) is 18.8 Å². The van der Waals surface area contributed by atoms with Gasteiger partial charge in [-0.15, -0.1) is 5.10 Å². The molecule has 0 atom stereocenters. The van der Waals surface area contributed by atoms with Gasteiger partial charge in [0.25, 0.3) is 0 Å². The topological polar surface area (TPSA) is 69.0 Å². The predicted octanol–water partition coefficient (Wildman–Crippen LogP) is 0.981. The smallest absolute Gasteiger partial charge is 0.246 e. The van der Waals surface area contributed by atoms with E-state index in [9.17, 15) is 4.79 Å². The fraction of sp³-hybridized carbons (Fsp3) is 0.364. The second-order valence-electron chi connectivity index (χ2n) is 3.55. The lowest BCUT2D eigenvalue weighted by molar-refractivity contribution is -0.125. The minimum atomic E-state index is -0.151. The molecule has 2 rings (SSSR count). The van der Waals surface area contributed by atoms with Gasteiger partial charge in [-0.1, -0.05) is 5.21 Å². The zero-order valence-corrected chi connectivity index (χ0v) is 10.8. The van der Waals surface area contributed by atoms with E-state index in [0.717, 1.165) is 5.69 Å². The van der Waals surface area contributed by atoms with E-state index in [1.54, 1.807) is 22.2 Å². The standard InChI is InChI=1S/C11H14N4O2S/c1-2-17-7-11(16)12-5-9-6-15(14-13-9)10-3-4-18-8-10/h3-4,6,8H,2,5,7H2,1H3,(H,12,16). The number of nitrogens with zero attached hydrogens (tertiary/aromatic N) is 3. The summed E-state index contributed by atoms with van der Waals surface area (Å²) in [7, 11) is 0. The summed E-state index contributed by atoms with van der Waals surface area (Å²) >= 11 is 1.60. The maximum Gasteiger partial charge on any atom is 0.246 e. The fourth-order valence-electron chi connectivity index (χ4n) is 1.33. The molecule has 0 fully saturated rings. The molecule has 7 heteroatoms. The van der Waals surface area contributed by atoms with Crippen molar-refractivity contribution < 1.29 is 9.53 Å². The van der Waals surface area contributed by atoms with Crippen LogP contribution in [-0.4, -0.2) is 34.1 Å². The Bertz CT molecular complexity index is 495. The molecule has 0 aliphatic carbocycles. The number of hydrogen-bond donors (Lipinski definition) is 1. The van der Waals surface area contributed by atoms with E-state index in [-0.39, 0.29) is 12.5 Å². The molecule has 1 N–H and O–H groups in total. The summed E-state index contributed by atoms with van der Waals surface area (Å²) in [5.41, 5.74) is 1.69. The first-order valence-corrected chi connectivity index (χ1v) is 6.52. The van der Waals surface area contributed by atoms with Crippen molar-refractivity contribution in [1.29, 1.82) is 0 Å². The Hall–Kier alpha value is -1.73. The summed E-state index contributed by atoms with van der Waals surface area (Å²) in [5, 5.41) is 14.6. The van der Waals surface area contributed by atoms with Crippen LogP contribution in [0.4, 0.5) is 0 Å². The van der Waals surface area contributed by atoms with Crippen molar-refractivity contribution in [3.05, 3.63) is 28.7 Å². The first kappa shape index (κ1) is 12.7. The zero-order valence-electron chi connectivity index (χ0n) is 10.00. The molecule has 0 saturated carbocycles. The van der Waals surface area contributed by atoms with Gasteiger partial charge in [-0.25, -0.2) is 4.68 Å². The molecule has 2 aromatic heterocycles. The van der Waals surface area contributed by atoms with E-state index < -0.39 is 0 Å². The van der Waals surface area contributed by atoms with Crippen LogP contribution in [0, 0.1) is 0 Å². The Morgan fingerprint density at radius 1 is 1.61 bits per heavy atom. The number of hydrogen-bond acceptors (Lipinski definition) is 5. The van der Waals surface area contributed by atoms with Gasteiger partial charge in [-0.3, -0.25) is 4.79 Å². The lowest BCUT2D eigenvalue weighted by Crippen LogP contribution is -2.27. The number of rotatable bonds is 6. The highest BCUT2D eigenvalue weighted by Crippen LogP contribution is 2.10. The lowest BCUT2D eigenvalue weighted by atomic mass is 10.4. The van der Waals surface area contributed by atoms with Crippen LogP contribution in [0.3, 0.4) is 0 Å². The summed E-state index contributed by atoms with van der Waals surface area (Å²) in [6.45, 7) is 2.81. The molecule has 1 amide bonds. The van der Waals surface area contributed by atoms with E-state index >= 15 is 0 Å². The molecule has 0 radical (unpaired) electrons. The van der Waals surface area contributed by atoms with Crippen LogP contribution in [0.1, 0.15) is 12.6 Å². The Morgan fingerprint density at radius 2 is 2.50 bits per heavy atom. The average molecular weight is 266 g/mol. The van der Waals surface area contributed by atoms with Crippen molar-refractivity contribution in [2.45, 2.75) is 13.5 Å². The lowest BCUT2D eigenvalue weighted by Gasteiger charge is -2.02. The predicted molar refractivity (Wildman–Crippen MR) is 67.6 cm³/mol. The first-order chi connectivity index (χ1) is 8.79. The Kier molecular flexibility index (Phi) is 4.43. The number of nitrogens with one attached hydrogen (secondary N) is 1. The highest BCUT2D eigenvalue weighted by molar-refractivity contribution is 7.08. The van der Waals surface area contributed by atoms with Gasteiger partial charge in [0.1, 0.15) is 12.3 Å². The number of thiophene rings is 1. The minimum Gasteiger partial charge on any atom is -0.372 e. The SMILES string of the molecule is CCOCC(=O)NCc1cn(-c2ccsc2)nn1. The first-order valence-electron chi connectivity index (χ1n) is 5.58. The van der Waals surface area contributed by atoms with Crippen LogP contribution in [0.25, 0.3) is 5.69 Å². The van der Waals surface area contributed by atoms with Crippen LogP contribution in [0.15, 0.2) is 23.0 Å². The van der Waals surface area contributed by atoms with E-state index in [1.165, 1.54) is 0 Å². The Labute approximate surface area is 109 Å². The summed E-state index contributed by atoms with van der Waals surface area (Å²) in [4.78, 5) is 11.3. The molecule has 0 aliphatic rings. The van der Waals surface area contributed by atoms with Crippen LogP contribution in [-0.2, 0) is 16.1 Å². The van der Waals surface area contributed by atoms with Crippen molar-refractivity contribution in [2.75, 3.05) is 13.2 Å². The fourth-order valence-corrected chi connectivity index (χ4v) is 1.95. The number of ether oxygens (including phenoxy) is 1. The molecule has 96 valence electrons. The third-order valence-corrected chi connectivity index (χ3v) is 2.89. The number of carbonyl (C=O) groups excluding carboxylic acids is 1. The van der Waals surface area contributed by atoms with Gasteiger partial charge in [0.15, 0.2) is 0 Å². The average Bonchev–Trinajstić information content (AvgIpc) is 3.03. The summed E-state index contributed by atoms with van der Waals surface area (Å²) in [5.74, 6) is -0.151. The van der Waals surface area contributed by atoms with E-state index in [4.69, 9.17) is 4.74 Å². The van der Waals surface area contributed by atoms with Gasteiger partial charge in [-0.05, 0) is 18.4 Å². The minimum absolute atomic E-state index is 0.0785. The molecule has 6 nitrogen and oxygen atoms in total. The van der Waals surface area contributed by atoms with Gasteiger partial charge in [0.05, 0.1) is 18.4 Å². The summed E-state index contributed by atoms with van der Waals surface area (Å²) in [6.07, 6.45) is 1.79. The Morgan fingerprint density at radius 3 is 3.22 bits per heavy atom. The molecule has 0 aliphatic heterocycles. The molecule has 2 aromatic rings. The molecule has 0 spiro atoms. The van der Waals surface area contributed by atoms with Crippen molar-refractivity contribution in [3.63, 3.8) is 0 Å². The van der Waals surface area contributed by atoms with Gasteiger partial charge < -0.3 is 10.1 Å². The molecule has 0 unspecified atom stereocenters. The van der Waals surface area contributed by atoms with Crippen molar-refractivity contribution in [1.82, 2.24) is 20.3 Å². The third kappa shape index (κ3) is 3.38. The maximum atomic E-state index is 11.3. The Balaban J connectivity index is 1.86. The van der Waals surface area contributed by atoms with Gasteiger partial charge in [-0.2, -0.15) is 11.3 Å². The van der Waals surface area contributed by atoms with Crippen molar-refractivity contribution in [2.24, 2.45) is 0 Å². The van der Waals surface area contributed by atoms with Crippen molar-refractivity contribution >= 4 is 17.2 Å². The molecule has 0 saturated heterocycles. The van der Waals surface area contributed by atoms with E-state index in [2.05, 4.69) is 15.6 Å². The largest absolute Gasteiger partial charge is 0.372 e. The number of carbonyl (C=O) groups is 1. The van der Waals surface area contributed by atoms with Crippen LogP contribution >= 0.6 is 11.3 Å². The van der Waals surface area contributed by atoms with Gasteiger partial charge in [0.2, 0.25) is 5.91 Å². The quantitative estimate of drug-likeness (QED) is 0.846. The summed E-state index contributed by atoms with van der Waals surface area (Å²) < 4.78 is 6.68.